The van der Waals surface area contributed by atoms with Crippen molar-refractivity contribution in [3.8, 4) is 79.5 Å². The summed E-state index contributed by atoms with van der Waals surface area (Å²) in [7, 11) is 0. The first kappa shape index (κ1) is 39.9. The van der Waals surface area contributed by atoms with E-state index in [2.05, 4.69) is 98.7 Å². The lowest BCUT2D eigenvalue weighted by molar-refractivity contribution is 0.497. The third kappa shape index (κ3) is 8.76. The summed E-state index contributed by atoms with van der Waals surface area (Å²) in [6.07, 6.45) is 0. The molecule has 0 atom stereocenters. The molecule has 3 aromatic heterocycles. The molecule has 8 rings (SSSR count). The Morgan fingerprint density at radius 3 is 0.917 bits per heavy atom. The molecule has 8 aromatic rings. The van der Waals surface area contributed by atoms with Gasteiger partial charge in [0.1, 0.15) is 17.5 Å². The molecule has 0 aliphatic carbocycles. The van der Waals surface area contributed by atoms with Crippen LogP contribution >= 0.6 is 0 Å². The highest BCUT2D eigenvalue weighted by Gasteiger charge is 2.26. The second-order valence-corrected chi connectivity index (χ2v) is 18.1. The van der Waals surface area contributed by atoms with Gasteiger partial charge >= 0.3 is 0 Å². The van der Waals surface area contributed by atoms with E-state index in [1.165, 1.54) is 0 Å². The Kier molecular flexibility index (Phi) is 10.5. The summed E-state index contributed by atoms with van der Waals surface area (Å²) in [6.45, 7) is 19.1. The first-order valence-electron chi connectivity index (χ1n) is 20.3. The monoisotopic (exact) mass is 787 g/mol. The van der Waals surface area contributed by atoms with E-state index in [1.54, 1.807) is 0 Å². The molecule has 0 unspecified atom stereocenters. The number of rotatable bonds is 7. The van der Waals surface area contributed by atoms with Gasteiger partial charge in [-0.25, -0.2) is 44.9 Å². The molecule has 0 aliphatic rings. The summed E-state index contributed by atoms with van der Waals surface area (Å²) in [5, 5.41) is 0. The molecule has 0 aliphatic heterocycles. The molecular weight excluding hydrogens is 739 g/mol. The van der Waals surface area contributed by atoms with Crippen molar-refractivity contribution in [1.82, 2.24) is 44.9 Å². The average Bonchev–Trinajstić information content (AvgIpc) is 3.26. The minimum absolute atomic E-state index is 0.269. The van der Waals surface area contributed by atoms with Gasteiger partial charge in [0, 0.05) is 49.6 Å². The number of nitrogens with zero attached hydrogens (tertiary/aromatic N) is 9. The SMILES string of the molecule is CC(C)(C)c1nc(-c2ccccc2)nc(-c2cc(-c3ccccc3)cc(-c3nc(-c4ccccc4)nc(-c4cccc(-c5nc(C(C)(C)C)nc(C(C)(C)C)n5)c4)n3)c2)n1. The van der Waals surface area contributed by atoms with Gasteiger partial charge < -0.3 is 0 Å². The van der Waals surface area contributed by atoms with Crippen LogP contribution in [0.5, 0.6) is 0 Å². The van der Waals surface area contributed by atoms with Gasteiger partial charge in [0.15, 0.2) is 34.9 Å². The topological polar surface area (TPSA) is 116 Å². The minimum atomic E-state index is -0.326. The van der Waals surface area contributed by atoms with Crippen LogP contribution in [0.2, 0.25) is 0 Å². The van der Waals surface area contributed by atoms with Gasteiger partial charge in [0.2, 0.25) is 0 Å². The van der Waals surface area contributed by atoms with Crippen molar-refractivity contribution in [2.45, 2.75) is 78.6 Å². The molecule has 9 nitrogen and oxygen atoms in total. The fourth-order valence-corrected chi connectivity index (χ4v) is 6.56. The third-order valence-corrected chi connectivity index (χ3v) is 9.92. The summed E-state index contributed by atoms with van der Waals surface area (Å²) in [5.41, 5.74) is 6.22. The summed E-state index contributed by atoms with van der Waals surface area (Å²) >= 11 is 0. The Labute approximate surface area is 352 Å². The van der Waals surface area contributed by atoms with Gasteiger partial charge in [-0.05, 0) is 35.4 Å². The Morgan fingerprint density at radius 2 is 0.500 bits per heavy atom. The molecule has 0 fully saturated rings. The van der Waals surface area contributed by atoms with Crippen LogP contribution in [0.25, 0.3) is 79.5 Å². The molecule has 0 saturated heterocycles. The molecule has 0 spiro atoms. The van der Waals surface area contributed by atoms with Crippen molar-refractivity contribution in [2.24, 2.45) is 0 Å². The highest BCUT2D eigenvalue weighted by atomic mass is 15.1. The van der Waals surface area contributed by atoms with Crippen LogP contribution in [0, 0.1) is 0 Å². The van der Waals surface area contributed by atoms with Crippen molar-refractivity contribution in [2.75, 3.05) is 0 Å². The van der Waals surface area contributed by atoms with Gasteiger partial charge in [0.05, 0.1) is 0 Å². The van der Waals surface area contributed by atoms with E-state index < -0.39 is 0 Å². The Morgan fingerprint density at radius 1 is 0.233 bits per heavy atom. The molecule has 298 valence electrons. The summed E-state index contributed by atoms with van der Waals surface area (Å²) < 4.78 is 0. The summed E-state index contributed by atoms with van der Waals surface area (Å²) in [5.74, 6) is 5.59. The smallest absolute Gasteiger partial charge is 0.164 e. The fourth-order valence-electron chi connectivity index (χ4n) is 6.56. The molecule has 5 aromatic carbocycles. The van der Waals surface area contributed by atoms with Gasteiger partial charge in [-0.3, -0.25) is 0 Å². The zero-order valence-electron chi connectivity index (χ0n) is 35.7. The maximum atomic E-state index is 5.21. The average molecular weight is 788 g/mol. The third-order valence-electron chi connectivity index (χ3n) is 9.92. The number of hydrogen-bond donors (Lipinski definition) is 0. The summed E-state index contributed by atoms with van der Waals surface area (Å²) in [6, 6.07) is 44.8. The minimum Gasteiger partial charge on any atom is -0.217 e. The molecular formula is C51H49N9. The van der Waals surface area contributed by atoms with Crippen LogP contribution in [-0.4, -0.2) is 44.9 Å². The van der Waals surface area contributed by atoms with Crippen molar-refractivity contribution in [1.29, 1.82) is 0 Å². The molecule has 0 bridgehead atoms. The van der Waals surface area contributed by atoms with Gasteiger partial charge in [-0.15, -0.1) is 0 Å². The van der Waals surface area contributed by atoms with Crippen LogP contribution in [0.1, 0.15) is 79.8 Å². The van der Waals surface area contributed by atoms with E-state index >= 15 is 0 Å². The maximum absolute atomic E-state index is 5.21. The first-order valence-corrected chi connectivity index (χ1v) is 20.3. The lowest BCUT2D eigenvalue weighted by atomic mass is 9.93. The van der Waals surface area contributed by atoms with E-state index in [4.69, 9.17) is 44.9 Å². The molecule has 0 saturated carbocycles. The lowest BCUT2D eigenvalue weighted by Crippen LogP contribution is -2.24. The van der Waals surface area contributed by atoms with Crippen LogP contribution in [0.3, 0.4) is 0 Å². The molecule has 9 heteroatoms. The zero-order chi connectivity index (χ0) is 42.2. The van der Waals surface area contributed by atoms with Crippen LogP contribution < -0.4 is 0 Å². The normalized spacial score (nSPS) is 12.1. The number of benzene rings is 5. The highest BCUT2D eigenvalue weighted by Crippen LogP contribution is 2.35. The summed E-state index contributed by atoms with van der Waals surface area (Å²) in [4.78, 5) is 45.4. The lowest BCUT2D eigenvalue weighted by Gasteiger charge is -2.22. The fraction of sp³-hybridized carbons (Fsp3) is 0.235. The molecule has 0 radical (unpaired) electrons. The van der Waals surface area contributed by atoms with Gasteiger partial charge in [-0.2, -0.15) is 0 Å². The van der Waals surface area contributed by atoms with Crippen molar-refractivity contribution < 1.29 is 0 Å². The van der Waals surface area contributed by atoms with Gasteiger partial charge in [-0.1, -0.05) is 172 Å². The molecule has 0 N–H and O–H groups in total. The second kappa shape index (κ2) is 15.7. The number of aromatic nitrogens is 9. The van der Waals surface area contributed by atoms with E-state index in [0.717, 1.165) is 56.2 Å². The molecule has 3 heterocycles. The van der Waals surface area contributed by atoms with Crippen LogP contribution in [-0.2, 0) is 16.2 Å². The van der Waals surface area contributed by atoms with Crippen LogP contribution in [0.15, 0.2) is 133 Å². The van der Waals surface area contributed by atoms with Gasteiger partial charge in [0.25, 0.3) is 0 Å². The Hall–Kier alpha value is -6.87. The maximum Gasteiger partial charge on any atom is 0.164 e. The predicted molar refractivity (Wildman–Crippen MR) is 241 cm³/mol. The van der Waals surface area contributed by atoms with Crippen molar-refractivity contribution >= 4 is 0 Å². The molecule has 60 heavy (non-hydrogen) atoms. The number of hydrogen-bond acceptors (Lipinski definition) is 9. The highest BCUT2D eigenvalue weighted by molar-refractivity contribution is 5.79. The van der Waals surface area contributed by atoms with Crippen molar-refractivity contribution in [3.05, 3.63) is 151 Å². The quantitative estimate of drug-likeness (QED) is 0.156. The largest absolute Gasteiger partial charge is 0.217 e. The van der Waals surface area contributed by atoms with E-state index in [0.29, 0.717) is 40.8 Å². The Bertz CT molecular complexity index is 2770. The van der Waals surface area contributed by atoms with E-state index in [1.807, 2.05) is 97.1 Å². The van der Waals surface area contributed by atoms with Crippen LogP contribution in [0.4, 0.5) is 0 Å². The predicted octanol–water partition coefficient (Wildman–Crippen LogP) is 11.8. The zero-order valence-corrected chi connectivity index (χ0v) is 35.7. The standard InChI is InChI=1S/C51H49N9/c1-49(2,3)46-56-41(34-24-17-12-18-25-34)54-45(59-46)39-30-37(32-20-13-10-14-21-32)29-38(31-39)44-53-40(33-22-15-11-16-23-33)52-42(55-44)35-26-19-27-36(28-35)43-57-47(50(4,5)6)60-48(58-43)51(7,8)9/h10-31H,1-9H3. The second-order valence-electron chi connectivity index (χ2n) is 18.1. The Balaban J connectivity index is 1.33. The first-order chi connectivity index (χ1) is 28.6. The molecule has 0 amide bonds. The van der Waals surface area contributed by atoms with E-state index in [9.17, 15) is 0 Å². The van der Waals surface area contributed by atoms with Crippen molar-refractivity contribution in [3.63, 3.8) is 0 Å². The van der Waals surface area contributed by atoms with E-state index in [-0.39, 0.29) is 16.2 Å².